The van der Waals surface area contributed by atoms with Gasteiger partial charge in [0.15, 0.2) is 5.82 Å². The molecule has 2 heterocycles. The minimum atomic E-state index is -0.388. The number of rotatable bonds is 5. The zero-order valence-electron chi connectivity index (χ0n) is 11.8. The first-order valence-corrected chi connectivity index (χ1v) is 6.96. The average Bonchev–Trinajstić information content (AvgIpc) is 2.40. The second-order valence-electron chi connectivity index (χ2n) is 5.09. The van der Waals surface area contributed by atoms with Gasteiger partial charge in [0, 0.05) is 57.0 Å². The van der Waals surface area contributed by atoms with E-state index in [1.807, 2.05) is 19.9 Å². The van der Waals surface area contributed by atoms with Crippen LogP contribution < -0.4 is 5.73 Å². The fraction of sp³-hybridized carbons (Fsp3) is 0.714. The molecule has 0 aliphatic carbocycles. The molecule has 0 aromatic carbocycles. The molecule has 0 saturated carbocycles. The van der Waals surface area contributed by atoms with Crippen LogP contribution in [0.4, 0.5) is 0 Å². The van der Waals surface area contributed by atoms with Gasteiger partial charge in [0.25, 0.3) is 0 Å². The molecule has 0 radical (unpaired) electrons. The number of hydrogen-bond donors (Lipinski definition) is 1. The third-order valence-corrected chi connectivity index (χ3v) is 3.37. The van der Waals surface area contributed by atoms with Crippen LogP contribution in [0.3, 0.4) is 0 Å². The van der Waals surface area contributed by atoms with Gasteiger partial charge in [0.2, 0.25) is 0 Å². The SMILES string of the molecule is CCOC1(c2nccc(CC(C)N)n2)CCOCC1. The first-order valence-electron chi connectivity index (χ1n) is 6.96. The Hall–Kier alpha value is -1.04. The fourth-order valence-electron chi connectivity index (χ4n) is 2.47. The number of nitrogens with two attached hydrogens (primary N) is 1. The van der Waals surface area contributed by atoms with E-state index in [0.717, 1.165) is 30.8 Å². The van der Waals surface area contributed by atoms with Crippen molar-refractivity contribution in [1.82, 2.24) is 9.97 Å². The first-order chi connectivity index (χ1) is 9.16. The Kier molecular flexibility index (Phi) is 4.85. The normalized spacial score (nSPS) is 20.2. The molecule has 1 aromatic rings. The van der Waals surface area contributed by atoms with Gasteiger partial charge in [0.05, 0.1) is 0 Å². The highest BCUT2D eigenvalue weighted by Gasteiger charge is 2.38. The molecule has 1 aromatic heterocycles. The lowest BCUT2D eigenvalue weighted by molar-refractivity contribution is -0.118. The Morgan fingerprint density at radius 2 is 2.21 bits per heavy atom. The summed E-state index contributed by atoms with van der Waals surface area (Å²) in [5.41, 5.74) is 6.42. The molecule has 2 N–H and O–H groups in total. The standard InChI is InChI=1S/C14H23N3O2/c1-3-19-14(5-8-18-9-6-14)13-16-7-4-12(17-13)10-11(2)15/h4,7,11H,3,5-6,8-10,15H2,1-2H3. The Balaban J connectivity index is 2.25. The molecule has 0 spiro atoms. The highest BCUT2D eigenvalue weighted by atomic mass is 16.5. The van der Waals surface area contributed by atoms with Crippen molar-refractivity contribution in [1.29, 1.82) is 0 Å². The molecule has 1 aliphatic heterocycles. The van der Waals surface area contributed by atoms with Crippen molar-refractivity contribution in [2.45, 2.75) is 44.8 Å². The van der Waals surface area contributed by atoms with Crippen molar-refractivity contribution in [3.8, 4) is 0 Å². The molecule has 1 unspecified atom stereocenters. The van der Waals surface area contributed by atoms with Gasteiger partial charge in [0.1, 0.15) is 5.60 Å². The van der Waals surface area contributed by atoms with Crippen LogP contribution in [0.15, 0.2) is 12.3 Å². The van der Waals surface area contributed by atoms with Gasteiger partial charge in [-0.25, -0.2) is 9.97 Å². The van der Waals surface area contributed by atoms with E-state index in [-0.39, 0.29) is 11.6 Å². The third-order valence-electron chi connectivity index (χ3n) is 3.37. The van der Waals surface area contributed by atoms with Gasteiger partial charge in [-0.3, -0.25) is 0 Å². The molecule has 5 heteroatoms. The summed E-state index contributed by atoms with van der Waals surface area (Å²) < 4.78 is 11.4. The number of aromatic nitrogens is 2. The molecule has 19 heavy (non-hydrogen) atoms. The summed E-state index contributed by atoms with van der Waals surface area (Å²) in [5, 5.41) is 0. The maximum absolute atomic E-state index is 5.98. The van der Waals surface area contributed by atoms with Crippen molar-refractivity contribution in [3.63, 3.8) is 0 Å². The molecule has 1 saturated heterocycles. The predicted molar refractivity (Wildman–Crippen MR) is 72.7 cm³/mol. The number of hydrogen-bond acceptors (Lipinski definition) is 5. The highest BCUT2D eigenvalue weighted by Crippen LogP contribution is 2.33. The third kappa shape index (κ3) is 3.49. The Morgan fingerprint density at radius 1 is 1.47 bits per heavy atom. The smallest absolute Gasteiger partial charge is 0.160 e. The monoisotopic (exact) mass is 265 g/mol. The number of nitrogens with zero attached hydrogens (tertiary/aromatic N) is 2. The van der Waals surface area contributed by atoms with E-state index in [0.29, 0.717) is 19.8 Å². The first kappa shape index (κ1) is 14.4. The summed E-state index contributed by atoms with van der Waals surface area (Å²) in [7, 11) is 0. The van der Waals surface area contributed by atoms with Crippen LogP contribution in [0.25, 0.3) is 0 Å². The zero-order chi connectivity index (χ0) is 13.7. The summed E-state index contributed by atoms with van der Waals surface area (Å²) in [4.78, 5) is 9.08. The van der Waals surface area contributed by atoms with Crippen LogP contribution in [0, 0.1) is 0 Å². The van der Waals surface area contributed by atoms with E-state index in [4.69, 9.17) is 15.2 Å². The second kappa shape index (κ2) is 6.41. The molecule has 1 aliphatic rings. The van der Waals surface area contributed by atoms with Gasteiger partial charge in [-0.15, -0.1) is 0 Å². The molecular weight excluding hydrogens is 242 g/mol. The minimum Gasteiger partial charge on any atom is -0.381 e. The Morgan fingerprint density at radius 3 is 2.84 bits per heavy atom. The maximum atomic E-state index is 5.98. The van der Waals surface area contributed by atoms with Crippen LogP contribution >= 0.6 is 0 Å². The summed E-state index contributed by atoms with van der Waals surface area (Å²) in [5.74, 6) is 0.774. The van der Waals surface area contributed by atoms with Gasteiger partial charge >= 0.3 is 0 Å². The minimum absolute atomic E-state index is 0.0977. The average molecular weight is 265 g/mol. The van der Waals surface area contributed by atoms with Crippen molar-refractivity contribution in [3.05, 3.63) is 23.8 Å². The van der Waals surface area contributed by atoms with E-state index < -0.39 is 0 Å². The van der Waals surface area contributed by atoms with Crippen molar-refractivity contribution < 1.29 is 9.47 Å². The van der Waals surface area contributed by atoms with Gasteiger partial charge in [-0.2, -0.15) is 0 Å². The zero-order valence-corrected chi connectivity index (χ0v) is 11.8. The summed E-state index contributed by atoms with van der Waals surface area (Å²) in [6.45, 7) is 6.03. The molecule has 0 bridgehead atoms. The largest absolute Gasteiger partial charge is 0.381 e. The Labute approximate surface area is 114 Å². The lowest BCUT2D eigenvalue weighted by Gasteiger charge is -2.35. The van der Waals surface area contributed by atoms with Crippen LogP contribution in [0.1, 0.15) is 38.2 Å². The van der Waals surface area contributed by atoms with Crippen molar-refractivity contribution in [2.75, 3.05) is 19.8 Å². The molecule has 5 nitrogen and oxygen atoms in total. The van der Waals surface area contributed by atoms with E-state index >= 15 is 0 Å². The summed E-state index contributed by atoms with van der Waals surface area (Å²) in [6.07, 6.45) is 4.18. The molecular formula is C14H23N3O2. The topological polar surface area (TPSA) is 70.3 Å². The Bertz CT molecular complexity index is 398. The van der Waals surface area contributed by atoms with E-state index in [9.17, 15) is 0 Å². The number of ether oxygens (including phenoxy) is 2. The molecule has 1 atom stereocenters. The molecule has 0 amide bonds. The van der Waals surface area contributed by atoms with Crippen LogP contribution in [-0.4, -0.2) is 35.8 Å². The van der Waals surface area contributed by atoms with Crippen LogP contribution in [0.2, 0.25) is 0 Å². The molecule has 1 fully saturated rings. The quantitative estimate of drug-likeness (QED) is 0.871. The van der Waals surface area contributed by atoms with Gasteiger partial charge < -0.3 is 15.2 Å². The lowest BCUT2D eigenvalue weighted by atomic mass is 9.92. The summed E-state index contributed by atoms with van der Waals surface area (Å²) in [6, 6.07) is 2.02. The van der Waals surface area contributed by atoms with Crippen LogP contribution in [-0.2, 0) is 21.5 Å². The lowest BCUT2D eigenvalue weighted by Crippen LogP contribution is -2.38. The summed E-state index contributed by atoms with van der Waals surface area (Å²) >= 11 is 0. The van der Waals surface area contributed by atoms with Gasteiger partial charge in [-0.05, 0) is 19.9 Å². The van der Waals surface area contributed by atoms with Crippen molar-refractivity contribution >= 4 is 0 Å². The van der Waals surface area contributed by atoms with E-state index in [1.165, 1.54) is 0 Å². The predicted octanol–water partition coefficient (Wildman–Crippen LogP) is 1.41. The van der Waals surface area contributed by atoms with Crippen molar-refractivity contribution in [2.24, 2.45) is 5.73 Å². The maximum Gasteiger partial charge on any atom is 0.160 e. The molecule has 106 valence electrons. The highest BCUT2D eigenvalue weighted by molar-refractivity contribution is 5.10. The van der Waals surface area contributed by atoms with E-state index in [2.05, 4.69) is 9.97 Å². The van der Waals surface area contributed by atoms with E-state index in [1.54, 1.807) is 6.20 Å². The van der Waals surface area contributed by atoms with Crippen LogP contribution in [0.5, 0.6) is 0 Å². The second-order valence-corrected chi connectivity index (χ2v) is 5.09. The van der Waals surface area contributed by atoms with Gasteiger partial charge in [-0.1, -0.05) is 0 Å². The fourth-order valence-corrected chi connectivity index (χ4v) is 2.47. The molecule has 2 rings (SSSR count).